The standard InChI is InChI=1S/C16H22N2O15/c17-11(21)12(22,23)14(26,27)15(28,13(11,24)25)32-8-3-6(10(20)4-9(19)18-5-10)1-2-7(8)33-16(29,30)31/h1-3,20-31H,4-5,17H2,(H,18,19). The molecule has 33 heavy (non-hydrogen) atoms. The molecule has 1 aliphatic heterocycles. The Morgan fingerprint density at radius 2 is 1.45 bits per heavy atom. The van der Waals surface area contributed by atoms with E-state index in [2.05, 4.69) is 10.1 Å². The molecular weight excluding hydrogens is 460 g/mol. The van der Waals surface area contributed by atoms with Crippen molar-refractivity contribution in [1.29, 1.82) is 0 Å². The van der Waals surface area contributed by atoms with E-state index in [0.717, 1.165) is 12.1 Å². The summed E-state index contributed by atoms with van der Waals surface area (Å²) in [6.07, 6.45) is -4.43. The Hall–Kier alpha value is -2.23. The van der Waals surface area contributed by atoms with Gasteiger partial charge in [-0.25, -0.2) is 0 Å². The average Bonchev–Trinajstić information content (AvgIpc) is 3.02. The van der Waals surface area contributed by atoms with Crippen LogP contribution in [0.25, 0.3) is 0 Å². The van der Waals surface area contributed by atoms with Gasteiger partial charge in [0.1, 0.15) is 5.60 Å². The van der Waals surface area contributed by atoms with Gasteiger partial charge in [0.2, 0.25) is 11.6 Å². The molecule has 2 fully saturated rings. The van der Waals surface area contributed by atoms with Gasteiger partial charge in [-0.3, -0.25) is 10.5 Å². The van der Waals surface area contributed by atoms with E-state index in [1.54, 1.807) is 0 Å². The fraction of sp³-hybridized carbons (Fsp3) is 0.562. The van der Waals surface area contributed by atoms with E-state index >= 15 is 0 Å². The van der Waals surface area contributed by atoms with Gasteiger partial charge < -0.3 is 76.1 Å². The van der Waals surface area contributed by atoms with E-state index in [9.17, 15) is 50.8 Å². The largest absolute Gasteiger partial charge is 0.453 e. The number of nitrogens with two attached hydrogens (primary N) is 1. The number of nitrogens with one attached hydrogen (secondary N) is 1. The number of hydrogen-bond acceptors (Lipinski definition) is 16. The van der Waals surface area contributed by atoms with Gasteiger partial charge in [-0.1, -0.05) is 6.07 Å². The van der Waals surface area contributed by atoms with Gasteiger partial charge in [0.25, 0.3) is 17.4 Å². The molecule has 15 N–H and O–H groups in total. The summed E-state index contributed by atoms with van der Waals surface area (Å²) in [5.74, 6) is -20.8. The zero-order chi connectivity index (χ0) is 25.5. The number of hydrogen-bond donors (Lipinski definition) is 14. The van der Waals surface area contributed by atoms with Crippen LogP contribution in [-0.2, 0) is 10.4 Å². The first-order valence-electron chi connectivity index (χ1n) is 8.89. The SMILES string of the molecule is NC1(O)C(O)(O)C(O)(O)C(O)(Oc2cc(C3(O)CNC(=O)C3)ccc2OC(O)(O)O)C1(O)O. The molecule has 3 unspecified atom stereocenters. The second kappa shape index (κ2) is 6.90. The molecule has 1 saturated heterocycles. The molecule has 3 atom stereocenters. The third-order valence-electron chi connectivity index (χ3n) is 5.51. The molecule has 0 radical (unpaired) electrons. The topological polar surface area (TPSA) is 316 Å². The van der Waals surface area contributed by atoms with Crippen LogP contribution in [0, 0.1) is 0 Å². The van der Waals surface area contributed by atoms with E-state index < -0.39 is 64.5 Å². The fourth-order valence-electron chi connectivity index (χ4n) is 3.50. The second-order valence-electron chi connectivity index (χ2n) is 7.85. The van der Waals surface area contributed by atoms with Crippen molar-refractivity contribution in [2.24, 2.45) is 5.73 Å². The quantitative estimate of drug-likeness (QED) is 0.173. The van der Waals surface area contributed by atoms with Crippen LogP contribution < -0.4 is 20.5 Å². The predicted molar refractivity (Wildman–Crippen MR) is 94.2 cm³/mol. The summed E-state index contributed by atoms with van der Waals surface area (Å²) in [5.41, 5.74) is -1.39. The van der Waals surface area contributed by atoms with Crippen LogP contribution in [-0.4, -0.2) is 109 Å². The summed E-state index contributed by atoms with van der Waals surface area (Å²) < 4.78 is 9.06. The zero-order valence-corrected chi connectivity index (χ0v) is 16.3. The molecule has 186 valence electrons. The highest BCUT2D eigenvalue weighted by molar-refractivity contribution is 5.80. The van der Waals surface area contributed by atoms with Crippen molar-refractivity contribution in [2.45, 2.75) is 47.1 Å². The van der Waals surface area contributed by atoms with Crippen molar-refractivity contribution in [2.75, 3.05) is 6.54 Å². The lowest BCUT2D eigenvalue weighted by Gasteiger charge is -2.40. The Morgan fingerprint density at radius 1 is 0.879 bits per heavy atom. The van der Waals surface area contributed by atoms with Gasteiger partial charge in [-0.05, 0) is 17.7 Å². The Kier molecular flexibility index (Phi) is 5.31. The van der Waals surface area contributed by atoms with E-state index in [-0.39, 0.29) is 12.1 Å². The van der Waals surface area contributed by atoms with Gasteiger partial charge in [-0.15, -0.1) is 0 Å². The maximum absolute atomic E-state index is 11.5. The molecule has 1 aromatic carbocycles. The molecule has 1 amide bonds. The van der Waals surface area contributed by atoms with Crippen LogP contribution in [0.4, 0.5) is 0 Å². The van der Waals surface area contributed by atoms with Crippen LogP contribution in [0.5, 0.6) is 11.5 Å². The molecule has 3 rings (SSSR count). The van der Waals surface area contributed by atoms with E-state index in [1.807, 2.05) is 0 Å². The van der Waals surface area contributed by atoms with Crippen molar-refractivity contribution in [3.8, 4) is 11.5 Å². The van der Waals surface area contributed by atoms with Gasteiger partial charge in [-0.2, -0.15) is 0 Å². The first-order chi connectivity index (χ1) is 14.6. The Morgan fingerprint density at radius 3 is 1.88 bits per heavy atom. The van der Waals surface area contributed by atoms with E-state index in [1.165, 1.54) is 0 Å². The predicted octanol–water partition coefficient (Wildman–Crippen LogP) is -7.87. The number of ether oxygens (including phenoxy) is 2. The monoisotopic (exact) mass is 482 g/mol. The molecule has 1 saturated carbocycles. The van der Waals surface area contributed by atoms with Crippen molar-refractivity contribution in [3.63, 3.8) is 0 Å². The number of β-amino-alcohol motifs (C(OH)–C–C–N with tert-alkyl or cyclic N) is 1. The van der Waals surface area contributed by atoms with Gasteiger partial charge in [0.15, 0.2) is 11.5 Å². The first kappa shape index (κ1) is 25.4. The minimum Gasteiger partial charge on any atom is -0.448 e. The third kappa shape index (κ3) is 3.35. The summed E-state index contributed by atoms with van der Waals surface area (Å²) >= 11 is 0. The average molecular weight is 482 g/mol. The summed E-state index contributed by atoms with van der Waals surface area (Å²) in [7, 11) is 0. The number of aliphatic hydroxyl groups is 12. The molecule has 17 nitrogen and oxygen atoms in total. The molecule has 17 heteroatoms. The highest BCUT2D eigenvalue weighted by Crippen LogP contribution is 2.54. The van der Waals surface area contributed by atoms with Crippen LogP contribution in [0.15, 0.2) is 18.2 Å². The molecule has 0 aromatic heterocycles. The van der Waals surface area contributed by atoms with Crippen molar-refractivity contribution >= 4 is 5.91 Å². The summed E-state index contributed by atoms with van der Waals surface area (Å²) in [6, 6.07) is 2.38. The number of carbonyl (C=O) groups is 1. The van der Waals surface area contributed by atoms with Crippen molar-refractivity contribution in [1.82, 2.24) is 5.32 Å². The smallest absolute Gasteiger partial charge is 0.448 e. The molecule has 1 heterocycles. The van der Waals surface area contributed by atoms with Crippen LogP contribution in [0.3, 0.4) is 0 Å². The highest BCUT2D eigenvalue weighted by Gasteiger charge is 2.92. The molecule has 1 aromatic rings. The zero-order valence-electron chi connectivity index (χ0n) is 16.3. The maximum Gasteiger partial charge on any atom is 0.453 e. The van der Waals surface area contributed by atoms with Crippen LogP contribution in [0.2, 0.25) is 0 Å². The van der Waals surface area contributed by atoms with Crippen LogP contribution in [0.1, 0.15) is 12.0 Å². The summed E-state index contributed by atoms with van der Waals surface area (Å²) in [6.45, 7) is -0.355. The lowest BCUT2D eigenvalue weighted by molar-refractivity contribution is -0.444. The van der Waals surface area contributed by atoms with E-state index in [4.69, 9.17) is 25.8 Å². The molecule has 1 aliphatic carbocycles. The lowest BCUT2D eigenvalue weighted by atomic mass is 9.92. The Balaban J connectivity index is 2.18. The minimum atomic E-state index is -4.59. The maximum atomic E-state index is 11.5. The lowest BCUT2D eigenvalue weighted by Crippen LogP contribution is -2.72. The number of rotatable bonds is 5. The first-order valence-corrected chi connectivity index (χ1v) is 8.89. The Labute approximate surface area is 182 Å². The van der Waals surface area contributed by atoms with Gasteiger partial charge >= 0.3 is 11.9 Å². The molecule has 0 spiro atoms. The fourth-order valence-corrected chi connectivity index (χ4v) is 3.50. The van der Waals surface area contributed by atoms with Gasteiger partial charge in [0, 0.05) is 0 Å². The van der Waals surface area contributed by atoms with Crippen LogP contribution >= 0.6 is 0 Å². The summed E-state index contributed by atoms with van der Waals surface area (Å²) in [5, 5.41) is 121. The van der Waals surface area contributed by atoms with Crippen molar-refractivity contribution < 1.29 is 75.5 Å². The van der Waals surface area contributed by atoms with Crippen molar-refractivity contribution in [3.05, 3.63) is 23.8 Å². The molecular formula is C16H22N2O15. The second-order valence-corrected chi connectivity index (χ2v) is 7.85. The number of carbonyl (C=O) groups excluding carboxylic acids is 1. The minimum absolute atomic E-state index is 0.241. The summed E-state index contributed by atoms with van der Waals surface area (Å²) in [4.78, 5) is 11.5. The number of amides is 1. The van der Waals surface area contributed by atoms with E-state index in [0.29, 0.717) is 6.07 Å². The Bertz CT molecular complexity index is 943. The van der Waals surface area contributed by atoms with Gasteiger partial charge in [0.05, 0.1) is 13.0 Å². The number of benzene rings is 1. The molecule has 2 aliphatic rings. The third-order valence-corrected chi connectivity index (χ3v) is 5.51. The molecule has 0 bridgehead atoms. The normalized spacial score (nSPS) is 34.8. The highest BCUT2D eigenvalue weighted by atomic mass is 16.9.